The van der Waals surface area contributed by atoms with E-state index in [1.54, 1.807) is 5.38 Å². The SMILES string of the molecule is COC(=O)c1sccc1S(=O)(=O)N1CCC(c2ccc3c(c2)CCO3)C1. The second kappa shape index (κ2) is 6.68. The van der Waals surface area contributed by atoms with Crippen molar-refractivity contribution in [1.29, 1.82) is 0 Å². The quantitative estimate of drug-likeness (QED) is 0.747. The van der Waals surface area contributed by atoms with Crippen LogP contribution in [0.15, 0.2) is 34.5 Å². The fourth-order valence-corrected chi connectivity index (χ4v) is 6.37. The third-order valence-electron chi connectivity index (χ3n) is 4.95. The largest absolute Gasteiger partial charge is 0.493 e. The van der Waals surface area contributed by atoms with Crippen LogP contribution in [0, 0.1) is 0 Å². The van der Waals surface area contributed by atoms with Crippen molar-refractivity contribution in [3.8, 4) is 5.75 Å². The number of hydrogen-bond donors (Lipinski definition) is 0. The van der Waals surface area contributed by atoms with Crippen LogP contribution in [0.2, 0.25) is 0 Å². The van der Waals surface area contributed by atoms with E-state index in [0.717, 1.165) is 35.5 Å². The summed E-state index contributed by atoms with van der Waals surface area (Å²) in [5.41, 5.74) is 2.33. The van der Waals surface area contributed by atoms with E-state index in [0.29, 0.717) is 19.7 Å². The first-order chi connectivity index (χ1) is 12.5. The van der Waals surface area contributed by atoms with Crippen LogP contribution in [0.25, 0.3) is 0 Å². The summed E-state index contributed by atoms with van der Waals surface area (Å²) in [7, 11) is -2.46. The molecule has 8 heteroatoms. The summed E-state index contributed by atoms with van der Waals surface area (Å²) < 4.78 is 37.7. The Bertz CT molecular complexity index is 950. The number of esters is 1. The molecule has 3 heterocycles. The number of thiophene rings is 1. The van der Waals surface area contributed by atoms with Gasteiger partial charge in [0.05, 0.1) is 13.7 Å². The molecule has 2 aromatic rings. The highest BCUT2D eigenvalue weighted by molar-refractivity contribution is 7.89. The minimum atomic E-state index is -3.72. The lowest BCUT2D eigenvalue weighted by Gasteiger charge is -2.17. The van der Waals surface area contributed by atoms with Crippen molar-refractivity contribution in [3.63, 3.8) is 0 Å². The van der Waals surface area contributed by atoms with Gasteiger partial charge in [-0.25, -0.2) is 13.2 Å². The molecule has 0 N–H and O–H groups in total. The molecule has 0 bridgehead atoms. The lowest BCUT2D eigenvalue weighted by atomic mass is 9.96. The summed E-state index contributed by atoms with van der Waals surface area (Å²) in [4.78, 5) is 12.0. The Morgan fingerprint density at radius 3 is 3.00 bits per heavy atom. The van der Waals surface area contributed by atoms with Crippen molar-refractivity contribution >= 4 is 27.3 Å². The number of nitrogens with zero attached hydrogens (tertiary/aromatic N) is 1. The van der Waals surface area contributed by atoms with Crippen LogP contribution >= 0.6 is 11.3 Å². The predicted molar refractivity (Wildman–Crippen MR) is 97.4 cm³/mol. The molecule has 0 saturated carbocycles. The number of sulfonamides is 1. The molecule has 0 amide bonds. The van der Waals surface area contributed by atoms with E-state index in [1.807, 2.05) is 12.1 Å². The summed E-state index contributed by atoms with van der Waals surface area (Å²) in [5, 5.41) is 1.60. The Morgan fingerprint density at radius 1 is 1.35 bits per heavy atom. The minimum Gasteiger partial charge on any atom is -0.493 e. The molecule has 26 heavy (non-hydrogen) atoms. The summed E-state index contributed by atoms with van der Waals surface area (Å²) in [6.45, 7) is 1.56. The van der Waals surface area contributed by atoms with Gasteiger partial charge in [-0.1, -0.05) is 12.1 Å². The first-order valence-electron chi connectivity index (χ1n) is 8.42. The Labute approximate surface area is 156 Å². The molecule has 0 radical (unpaired) electrons. The number of benzene rings is 1. The molecule has 1 aromatic heterocycles. The van der Waals surface area contributed by atoms with Gasteiger partial charge in [0.15, 0.2) is 0 Å². The molecular formula is C18H19NO5S2. The molecule has 0 spiro atoms. The molecule has 1 aromatic carbocycles. The molecule has 2 aliphatic rings. The maximum absolute atomic E-state index is 13.0. The Balaban J connectivity index is 1.57. The fourth-order valence-electron chi connectivity index (χ4n) is 3.56. The summed E-state index contributed by atoms with van der Waals surface area (Å²) >= 11 is 1.08. The van der Waals surface area contributed by atoms with Gasteiger partial charge in [-0.2, -0.15) is 4.31 Å². The molecule has 1 atom stereocenters. The van der Waals surface area contributed by atoms with Crippen LogP contribution in [0.4, 0.5) is 0 Å². The van der Waals surface area contributed by atoms with E-state index >= 15 is 0 Å². The maximum atomic E-state index is 13.0. The van der Waals surface area contributed by atoms with E-state index in [-0.39, 0.29) is 15.7 Å². The van der Waals surface area contributed by atoms with Crippen molar-refractivity contribution in [3.05, 3.63) is 45.6 Å². The van der Waals surface area contributed by atoms with Crippen molar-refractivity contribution in [1.82, 2.24) is 4.31 Å². The van der Waals surface area contributed by atoms with Gasteiger partial charge < -0.3 is 9.47 Å². The Morgan fingerprint density at radius 2 is 2.19 bits per heavy atom. The smallest absolute Gasteiger partial charge is 0.349 e. The molecular weight excluding hydrogens is 374 g/mol. The molecule has 2 aliphatic heterocycles. The molecule has 4 rings (SSSR count). The normalized spacial score (nSPS) is 20.0. The zero-order valence-corrected chi connectivity index (χ0v) is 15.9. The second-order valence-corrected chi connectivity index (χ2v) is 9.24. The van der Waals surface area contributed by atoms with E-state index in [9.17, 15) is 13.2 Å². The monoisotopic (exact) mass is 393 g/mol. The highest BCUT2D eigenvalue weighted by Gasteiger charge is 2.36. The second-order valence-electron chi connectivity index (χ2n) is 6.42. The average Bonchev–Trinajstić information content (AvgIpc) is 3.40. The fraction of sp³-hybridized carbons (Fsp3) is 0.389. The highest BCUT2D eigenvalue weighted by atomic mass is 32.2. The van der Waals surface area contributed by atoms with Crippen molar-refractivity contribution in [2.45, 2.75) is 23.7 Å². The molecule has 1 fully saturated rings. The van der Waals surface area contributed by atoms with E-state index in [1.165, 1.54) is 23.0 Å². The third kappa shape index (κ3) is 2.91. The van der Waals surface area contributed by atoms with Gasteiger partial charge in [0.2, 0.25) is 10.0 Å². The molecule has 6 nitrogen and oxygen atoms in total. The minimum absolute atomic E-state index is 0.0392. The van der Waals surface area contributed by atoms with Gasteiger partial charge in [-0.3, -0.25) is 0 Å². The number of carbonyl (C=O) groups excluding carboxylic acids is 1. The van der Waals surface area contributed by atoms with Crippen molar-refractivity contribution in [2.24, 2.45) is 0 Å². The first-order valence-corrected chi connectivity index (χ1v) is 10.7. The van der Waals surface area contributed by atoms with E-state index < -0.39 is 16.0 Å². The van der Waals surface area contributed by atoms with Crippen LogP contribution in [0.1, 0.15) is 33.1 Å². The topological polar surface area (TPSA) is 72.9 Å². The van der Waals surface area contributed by atoms with Crippen molar-refractivity contribution < 1.29 is 22.7 Å². The third-order valence-corrected chi connectivity index (χ3v) is 7.88. The zero-order chi connectivity index (χ0) is 18.3. The highest BCUT2D eigenvalue weighted by Crippen LogP contribution is 2.36. The van der Waals surface area contributed by atoms with Crippen LogP contribution in [0.3, 0.4) is 0 Å². The zero-order valence-electron chi connectivity index (χ0n) is 14.3. The Kier molecular flexibility index (Phi) is 4.50. The van der Waals surface area contributed by atoms with E-state index in [4.69, 9.17) is 9.47 Å². The number of methoxy groups -OCH3 is 1. The van der Waals surface area contributed by atoms with Gasteiger partial charge in [-0.15, -0.1) is 11.3 Å². The van der Waals surface area contributed by atoms with Gasteiger partial charge in [-0.05, 0) is 41.0 Å². The number of carbonyl (C=O) groups is 1. The van der Waals surface area contributed by atoms with Crippen LogP contribution in [0.5, 0.6) is 5.75 Å². The van der Waals surface area contributed by atoms with Crippen molar-refractivity contribution in [2.75, 3.05) is 26.8 Å². The van der Waals surface area contributed by atoms with Crippen LogP contribution in [-0.2, 0) is 21.2 Å². The Hall–Kier alpha value is -1.90. The summed E-state index contributed by atoms with van der Waals surface area (Å²) in [6, 6.07) is 7.61. The van der Waals surface area contributed by atoms with Gasteiger partial charge in [0.25, 0.3) is 0 Å². The number of ether oxygens (including phenoxy) is 2. The summed E-state index contributed by atoms with van der Waals surface area (Å²) in [6.07, 6.45) is 1.66. The predicted octanol–water partition coefficient (Wildman–Crippen LogP) is 2.65. The van der Waals surface area contributed by atoms with Crippen LogP contribution < -0.4 is 4.74 Å². The molecule has 1 unspecified atom stereocenters. The standard InChI is InChI=1S/C18H19NO5S2/c1-23-18(20)17-16(6-9-25-17)26(21,22)19-7-4-14(11-19)12-2-3-15-13(10-12)5-8-24-15/h2-3,6,9-10,14H,4-5,7-8,11H2,1H3. The van der Waals surface area contributed by atoms with Crippen LogP contribution in [-0.4, -0.2) is 45.5 Å². The van der Waals surface area contributed by atoms with Gasteiger partial charge >= 0.3 is 5.97 Å². The molecule has 1 saturated heterocycles. The number of hydrogen-bond acceptors (Lipinski definition) is 6. The summed E-state index contributed by atoms with van der Waals surface area (Å²) in [5.74, 6) is 0.459. The number of fused-ring (bicyclic) bond motifs is 1. The molecule has 0 aliphatic carbocycles. The average molecular weight is 393 g/mol. The maximum Gasteiger partial charge on any atom is 0.349 e. The lowest BCUT2D eigenvalue weighted by Crippen LogP contribution is -2.29. The lowest BCUT2D eigenvalue weighted by molar-refractivity contribution is 0.0602. The molecule has 138 valence electrons. The van der Waals surface area contributed by atoms with E-state index in [2.05, 4.69) is 6.07 Å². The van der Waals surface area contributed by atoms with Gasteiger partial charge in [0, 0.05) is 19.5 Å². The van der Waals surface area contributed by atoms with Gasteiger partial charge in [0.1, 0.15) is 15.5 Å². The first kappa shape index (κ1) is 17.5. The number of rotatable bonds is 4.